The van der Waals surface area contributed by atoms with Gasteiger partial charge in [0.1, 0.15) is 5.76 Å². The SMILES string of the molecule is C/C(=N\O)C1=C(O)CCC1=O. The first-order valence-electron chi connectivity index (χ1n) is 3.31. The number of Topliss-reactive ketones (excluding diaryl/α,β-unsaturated/α-hetero) is 1. The molecule has 0 fully saturated rings. The van der Waals surface area contributed by atoms with Crippen molar-refractivity contribution in [3.63, 3.8) is 0 Å². The van der Waals surface area contributed by atoms with Crippen LogP contribution in [0.3, 0.4) is 0 Å². The second-order valence-corrected chi connectivity index (χ2v) is 2.43. The minimum atomic E-state index is -0.155. The van der Waals surface area contributed by atoms with E-state index in [1.807, 2.05) is 0 Å². The Labute approximate surface area is 63.8 Å². The maximum atomic E-state index is 11.0. The number of hydrogen-bond donors (Lipinski definition) is 2. The first kappa shape index (κ1) is 7.78. The van der Waals surface area contributed by atoms with E-state index in [9.17, 15) is 4.79 Å². The third-order valence-electron chi connectivity index (χ3n) is 1.67. The van der Waals surface area contributed by atoms with Gasteiger partial charge in [-0.2, -0.15) is 0 Å². The Kier molecular flexibility index (Phi) is 1.94. The standard InChI is InChI=1S/C7H9NO3/c1-4(8-11)7-5(9)2-3-6(7)10/h9,11H,2-3H2,1H3/b8-4+. The summed E-state index contributed by atoms with van der Waals surface area (Å²) in [6.07, 6.45) is 0.676. The molecule has 4 nitrogen and oxygen atoms in total. The molecule has 2 N–H and O–H groups in total. The van der Waals surface area contributed by atoms with E-state index in [2.05, 4.69) is 5.16 Å². The lowest BCUT2D eigenvalue weighted by atomic mass is 10.1. The molecule has 11 heavy (non-hydrogen) atoms. The van der Waals surface area contributed by atoms with Crippen LogP contribution in [0.1, 0.15) is 19.8 Å². The van der Waals surface area contributed by atoms with Crippen LogP contribution in [0.4, 0.5) is 0 Å². The molecule has 60 valence electrons. The predicted molar refractivity (Wildman–Crippen MR) is 38.8 cm³/mol. The summed E-state index contributed by atoms with van der Waals surface area (Å²) < 4.78 is 0. The minimum absolute atomic E-state index is 0.0327. The van der Waals surface area contributed by atoms with E-state index < -0.39 is 0 Å². The van der Waals surface area contributed by atoms with E-state index in [0.29, 0.717) is 12.8 Å². The number of oxime groups is 1. The maximum Gasteiger partial charge on any atom is 0.168 e. The van der Waals surface area contributed by atoms with E-state index >= 15 is 0 Å². The summed E-state index contributed by atoms with van der Waals surface area (Å²) in [5.41, 5.74) is 0.359. The van der Waals surface area contributed by atoms with Crippen molar-refractivity contribution in [2.75, 3.05) is 0 Å². The molecule has 0 radical (unpaired) electrons. The molecule has 0 heterocycles. The molecule has 4 heteroatoms. The summed E-state index contributed by atoms with van der Waals surface area (Å²) >= 11 is 0. The molecule has 0 atom stereocenters. The first-order chi connectivity index (χ1) is 5.16. The van der Waals surface area contributed by atoms with Gasteiger partial charge in [-0.25, -0.2) is 0 Å². The van der Waals surface area contributed by atoms with Crippen LogP contribution in [0.25, 0.3) is 0 Å². The van der Waals surface area contributed by atoms with Crippen molar-refractivity contribution in [3.05, 3.63) is 11.3 Å². The molecule has 0 saturated heterocycles. The molecule has 1 rings (SSSR count). The Balaban J connectivity index is 3.01. The molecule has 1 aliphatic rings. The Morgan fingerprint density at radius 2 is 2.18 bits per heavy atom. The molecule has 0 aromatic carbocycles. The highest BCUT2D eigenvalue weighted by Crippen LogP contribution is 2.21. The lowest BCUT2D eigenvalue weighted by Gasteiger charge is -1.96. The molecule has 0 aromatic rings. The van der Waals surface area contributed by atoms with Gasteiger partial charge in [0.05, 0.1) is 11.3 Å². The lowest BCUT2D eigenvalue weighted by molar-refractivity contribution is -0.114. The number of aliphatic hydroxyl groups is 1. The molecule has 1 aliphatic carbocycles. The summed E-state index contributed by atoms with van der Waals surface area (Å²) in [4.78, 5) is 11.0. The number of hydrogen-bond acceptors (Lipinski definition) is 4. The van der Waals surface area contributed by atoms with Gasteiger partial charge in [0.2, 0.25) is 0 Å². The minimum Gasteiger partial charge on any atom is -0.511 e. The van der Waals surface area contributed by atoms with Gasteiger partial charge < -0.3 is 10.3 Å². The van der Waals surface area contributed by atoms with Crippen LogP contribution in [-0.2, 0) is 4.79 Å². The number of rotatable bonds is 1. The smallest absolute Gasteiger partial charge is 0.168 e. The van der Waals surface area contributed by atoms with Gasteiger partial charge in [0, 0.05) is 12.8 Å². The number of aliphatic hydroxyl groups excluding tert-OH is 1. The fourth-order valence-electron chi connectivity index (χ4n) is 1.10. The highest BCUT2D eigenvalue weighted by Gasteiger charge is 2.24. The van der Waals surface area contributed by atoms with E-state index in [4.69, 9.17) is 10.3 Å². The summed E-state index contributed by atoms with van der Waals surface area (Å²) in [6.45, 7) is 1.48. The molecule has 0 saturated carbocycles. The normalized spacial score (nSPS) is 19.7. The second kappa shape index (κ2) is 2.74. The van der Waals surface area contributed by atoms with Crippen molar-refractivity contribution in [1.29, 1.82) is 0 Å². The van der Waals surface area contributed by atoms with Crippen LogP contribution in [0.5, 0.6) is 0 Å². The van der Waals surface area contributed by atoms with Gasteiger partial charge in [-0.1, -0.05) is 5.16 Å². The Morgan fingerprint density at radius 1 is 1.55 bits per heavy atom. The van der Waals surface area contributed by atoms with Gasteiger partial charge >= 0.3 is 0 Å². The number of carbonyl (C=O) groups excluding carboxylic acids is 1. The molecule has 0 aliphatic heterocycles. The molecule has 0 amide bonds. The van der Waals surface area contributed by atoms with Crippen LogP contribution in [-0.4, -0.2) is 21.8 Å². The van der Waals surface area contributed by atoms with Crippen LogP contribution in [0.15, 0.2) is 16.5 Å². The van der Waals surface area contributed by atoms with E-state index in [1.165, 1.54) is 6.92 Å². The van der Waals surface area contributed by atoms with Crippen molar-refractivity contribution in [2.24, 2.45) is 5.16 Å². The van der Waals surface area contributed by atoms with Gasteiger partial charge in [-0.3, -0.25) is 4.79 Å². The fourth-order valence-corrected chi connectivity index (χ4v) is 1.10. The Morgan fingerprint density at radius 3 is 2.55 bits per heavy atom. The third kappa shape index (κ3) is 1.24. The average molecular weight is 155 g/mol. The topological polar surface area (TPSA) is 69.9 Å². The lowest BCUT2D eigenvalue weighted by Crippen LogP contribution is -2.06. The molecule has 0 spiro atoms. The highest BCUT2D eigenvalue weighted by atomic mass is 16.4. The van der Waals surface area contributed by atoms with Crippen molar-refractivity contribution in [1.82, 2.24) is 0 Å². The van der Waals surface area contributed by atoms with Crippen molar-refractivity contribution in [2.45, 2.75) is 19.8 Å². The molecule has 0 aromatic heterocycles. The quantitative estimate of drug-likeness (QED) is 0.337. The summed E-state index contributed by atoms with van der Waals surface area (Å²) in [5, 5.41) is 20.3. The summed E-state index contributed by atoms with van der Waals surface area (Å²) in [5.74, 6) is -0.122. The molecule has 0 unspecified atom stereocenters. The second-order valence-electron chi connectivity index (χ2n) is 2.43. The molecule has 0 bridgehead atoms. The van der Waals surface area contributed by atoms with Crippen molar-refractivity contribution < 1.29 is 15.1 Å². The van der Waals surface area contributed by atoms with Gasteiger partial charge in [-0.05, 0) is 6.92 Å². The first-order valence-corrected chi connectivity index (χ1v) is 3.31. The summed E-state index contributed by atoms with van der Waals surface area (Å²) in [7, 11) is 0. The highest BCUT2D eigenvalue weighted by molar-refractivity contribution is 6.23. The fraction of sp³-hybridized carbons (Fsp3) is 0.429. The zero-order chi connectivity index (χ0) is 8.43. The predicted octanol–water partition coefficient (Wildman–Crippen LogP) is 1.01. The number of nitrogens with zero attached hydrogens (tertiary/aromatic N) is 1. The largest absolute Gasteiger partial charge is 0.511 e. The van der Waals surface area contributed by atoms with E-state index in [1.54, 1.807) is 0 Å². The van der Waals surface area contributed by atoms with Crippen LogP contribution in [0.2, 0.25) is 0 Å². The molecular weight excluding hydrogens is 146 g/mol. The van der Waals surface area contributed by atoms with Crippen molar-refractivity contribution in [3.8, 4) is 0 Å². The van der Waals surface area contributed by atoms with Crippen LogP contribution in [0, 0.1) is 0 Å². The zero-order valence-electron chi connectivity index (χ0n) is 6.16. The van der Waals surface area contributed by atoms with E-state index in [-0.39, 0.29) is 22.8 Å². The number of allylic oxidation sites excluding steroid dienone is 2. The van der Waals surface area contributed by atoms with E-state index in [0.717, 1.165) is 0 Å². The maximum absolute atomic E-state index is 11.0. The Bertz CT molecular complexity index is 252. The van der Waals surface area contributed by atoms with Crippen LogP contribution < -0.4 is 0 Å². The summed E-state index contributed by atoms with van der Waals surface area (Å²) in [6, 6.07) is 0. The molecular formula is C7H9NO3. The zero-order valence-corrected chi connectivity index (χ0v) is 6.16. The van der Waals surface area contributed by atoms with Gasteiger partial charge in [0.15, 0.2) is 5.78 Å². The van der Waals surface area contributed by atoms with Gasteiger partial charge in [-0.15, -0.1) is 0 Å². The van der Waals surface area contributed by atoms with Gasteiger partial charge in [0.25, 0.3) is 0 Å². The van der Waals surface area contributed by atoms with Crippen LogP contribution >= 0.6 is 0 Å². The van der Waals surface area contributed by atoms with Crippen molar-refractivity contribution >= 4 is 11.5 Å². The third-order valence-corrected chi connectivity index (χ3v) is 1.67. The average Bonchev–Trinajstić information content (AvgIpc) is 2.30. The monoisotopic (exact) mass is 155 g/mol. The number of carbonyl (C=O) groups is 1. The number of ketones is 1. The Hall–Kier alpha value is -1.32.